The Balaban J connectivity index is 1.49. The van der Waals surface area contributed by atoms with E-state index in [-0.39, 0.29) is 11.6 Å². The molecule has 3 rings (SSSR count). The molecule has 0 saturated heterocycles. The first-order chi connectivity index (χ1) is 12.6. The summed E-state index contributed by atoms with van der Waals surface area (Å²) in [5, 5.41) is 6.69. The molecule has 0 saturated carbocycles. The summed E-state index contributed by atoms with van der Waals surface area (Å²) < 4.78 is 13.7. The summed E-state index contributed by atoms with van der Waals surface area (Å²) in [6.45, 7) is 0. The molecule has 0 unspecified atom stereocenters. The summed E-state index contributed by atoms with van der Waals surface area (Å²) in [6, 6.07) is 14.3. The normalized spacial score (nSPS) is 10.3. The monoisotopic (exact) mass is 387 g/mol. The van der Waals surface area contributed by atoms with Gasteiger partial charge in [-0.1, -0.05) is 30.0 Å². The lowest BCUT2D eigenvalue weighted by atomic mass is 10.2. The van der Waals surface area contributed by atoms with Gasteiger partial charge in [0.25, 0.3) is 0 Å². The lowest BCUT2D eigenvalue weighted by Crippen LogP contribution is -2.35. The first-order valence-electron chi connectivity index (χ1n) is 7.60. The molecule has 2 N–H and O–H groups in total. The van der Waals surface area contributed by atoms with Crippen LogP contribution in [0, 0.1) is 5.82 Å². The van der Waals surface area contributed by atoms with Crippen LogP contribution < -0.4 is 10.6 Å². The molecule has 0 aliphatic carbocycles. The first kappa shape index (κ1) is 18.1. The van der Waals surface area contributed by atoms with Gasteiger partial charge in [0.05, 0.1) is 11.4 Å². The average molecular weight is 387 g/mol. The number of carbonyl (C=O) groups excluding carboxylic acids is 2. The number of imide groups is 1. The predicted molar refractivity (Wildman–Crippen MR) is 102 cm³/mol. The number of benzene rings is 2. The second-order valence-electron chi connectivity index (χ2n) is 5.16. The van der Waals surface area contributed by atoms with Crippen LogP contribution in [-0.2, 0) is 4.79 Å². The Morgan fingerprint density at radius 1 is 1.08 bits per heavy atom. The molecule has 0 fully saturated rings. The van der Waals surface area contributed by atoms with Crippen molar-refractivity contribution in [3.8, 4) is 11.3 Å². The van der Waals surface area contributed by atoms with Crippen molar-refractivity contribution in [2.45, 2.75) is 4.34 Å². The average Bonchev–Trinajstić information content (AvgIpc) is 3.10. The fourth-order valence-corrected chi connectivity index (χ4v) is 3.69. The Morgan fingerprint density at radius 3 is 2.54 bits per heavy atom. The second-order valence-corrected chi connectivity index (χ2v) is 7.24. The summed E-state index contributed by atoms with van der Waals surface area (Å²) in [5.74, 6) is -0.649. The molecule has 0 bridgehead atoms. The van der Waals surface area contributed by atoms with E-state index in [0.29, 0.717) is 10.0 Å². The maximum Gasteiger partial charge on any atom is 0.325 e. The third-order valence-corrected chi connectivity index (χ3v) is 5.26. The quantitative estimate of drug-likeness (QED) is 0.637. The van der Waals surface area contributed by atoms with E-state index in [1.54, 1.807) is 36.4 Å². The molecule has 5 nitrogen and oxygen atoms in total. The maximum absolute atomic E-state index is 13.0. The first-order valence-corrected chi connectivity index (χ1v) is 9.47. The summed E-state index contributed by atoms with van der Waals surface area (Å²) in [4.78, 5) is 28.0. The van der Waals surface area contributed by atoms with E-state index in [0.717, 1.165) is 11.3 Å². The molecule has 1 heterocycles. The number of nitrogens with zero attached hydrogens (tertiary/aromatic N) is 1. The van der Waals surface area contributed by atoms with Crippen molar-refractivity contribution >= 4 is 40.7 Å². The number of thiazole rings is 1. The van der Waals surface area contributed by atoms with E-state index < -0.39 is 11.9 Å². The van der Waals surface area contributed by atoms with Gasteiger partial charge in [-0.15, -0.1) is 11.3 Å². The number of halogens is 1. The van der Waals surface area contributed by atoms with Gasteiger partial charge < -0.3 is 5.32 Å². The van der Waals surface area contributed by atoms with Gasteiger partial charge in [-0.3, -0.25) is 10.1 Å². The fraction of sp³-hybridized carbons (Fsp3) is 0.0556. The number of rotatable bonds is 5. The molecular weight excluding hydrogens is 373 g/mol. The molecule has 0 aliphatic rings. The van der Waals surface area contributed by atoms with Crippen LogP contribution in [0.3, 0.4) is 0 Å². The number of carbonyl (C=O) groups is 2. The van der Waals surface area contributed by atoms with Crippen LogP contribution in [0.1, 0.15) is 0 Å². The minimum Gasteiger partial charge on any atom is -0.308 e. The highest BCUT2D eigenvalue weighted by atomic mass is 32.2. The van der Waals surface area contributed by atoms with Crippen molar-refractivity contribution in [3.05, 3.63) is 65.8 Å². The summed E-state index contributed by atoms with van der Waals surface area (Å²) in [5.41, 5.74) is 2.13. The van der Waals surface area contributed by atoms with E-state index in [9.17, 15) is 14.0 Å². The van der Waals surface area contributed by atoms with Crippen LogP contribution in [0.25, 0.3) is 11.3 Å². The number of para-hydroxylation sites is 1. The molecule has 0 radical (unpaired) electrons. The third-order valence-electron chi connectivity index (χ3n) is 3.23. The van der Waals surface area contributed by atoms with E-state index in [2.05, 4.69) is 15.6 Å². The molecule has 26 heavy (non-hydrogen) atoms. The van der Waals surface area contributed by atoms with Gasteiger partial charge in [-0.2, -0.15) is 0 Å². The number of amides is 3. The molecule has 3 aromatic rings. The summed E-state index contributed by atoms with van der Waals surface area (Å²) in [7, 11) is 0. The van der Waals surface area contributed by atoms with Gasteiger partial charge in [0, 0.05) is 16.6 Å². The van der Waals surface area contributed by atoms with Crippen LogP contribution in [0.15, 0.2) is 64.3 Å². The van der Waals surface area contributed by atoms with Gasteiger partial charge in [0.1, 0.15) is 5.82 Å². The minimum absolute atomic E-state index is 0.0680. The highest BCUT2D eigenvalue weighted by molar-refractivity contribution is 8.01. The molecule has 0 aliphatic heterocycles. The van der Waals surface area contributed by atoms with Crippen LogP contribution in [-0.4, -0.2) is 22.7 Å². The van der Waals surface area contributed by atoms with Gasteiger partial charge >= 0.3 is 6.03 Å². The van der Waals surface area contributed by atoms with Crippen LogP contribution in [0.2, 0.25) is 0 Å². The van der Waals surface area contributed by atoms with Crippen LogP contribution >= 0.6 is 23.1 Å². The smallest absolute Gasteiger partial charge is 0.308 e. The van der Waals surface area contributed by atoms with Crippen molar-refractivity contribution in [3.63, 3.8) is 0 Å². The van der Waals surface area contributed by atoms with Gasteiger partial charge in [0.15, 0.2) is 4.34 Å². The number of aromatic nitrogens is 1. The predicted octanol–water partition coefficient (Wildman–Crippen LogP) is 4.39. The van der Waals surface area contributed by atoms with Gasteiger partial charge in [0.2, 0.25) is 5.91 Å². The third kappa shape index (κ3) is 5.14. The van der Waals surface area contributed by atoms with Crippen molar-refractivity contribution in [1.82, 2.24) is 10.3 Å². The zero-order valence-corrected chi connectivity index (χ0v) is 15.1. The maximum atomic E-state index is 13.0. The molecule has 132 valence electrons. The Bertz CT molecular complexity index is 898. The van der Waals surface area contributed by atoms with Crippen LogP contribution in [0.5, 0.6) is 0 Å². The van der Waals surface area contributed by atoms with Crippen LogP contribution in [0.4, 0.5) is 14.9 Å². The zero-order valence-electron chi connectivity index (χ0n) is 13.4. The number of nitrogens with one attached hydrogen (secondary N) is 2. The zero-order chi connectivity index (χ0) is 18.4. The Kier molecular flexibility index (Phi) is 5.98. The molecule has 3 amide bonds. The molecule has 0 spiro atoms. The summed E-state index contributed by atoms with van der Waals surface area (Å²) >= 11 is 2.63. The number of anilines is 1. The van der Waals surface area contributed by atoms with Crippen molar-refractivity contribution in [2.24, 2.45) is 0 Å². The van der Waals surface area contributed by atoms with Gasteiger partial charge in [-0.25, -0.2) is 14.2 Å². The van der Waals surface area contributed by atoms with Crippen molar-refractivity contribution in [2.75, 3.05) is 11.1 Å². The second kappa shape index (κ2) is 8.59. The topological polar surface area (TPSA) is 71.1 Å². The Hall–Kier alpha value is -2.71. The molecule has 1 aromatic heterocycles. The fourth-order valence-electron chi connectivity index (χ4n) is 2.05. The molecular formula is C18H14FN3O2S2. The number of hydrogen-bond acceptors (Lipinski definition) is 5. The SMILES string of the molecule is O=C(CSc1nc(-c2ccc(F)cc2)cs1)NC(=O)Nc1ccccc1. The highest BCUT2D eigenvalue weighted by Crippen LogP contribution is 2.28. The lowest BCUT2D eigenvalue weighted by molar-refractivity contribution is -0.117. The lowest BCUT2D eigenvalue weighted by Gasteiger charge is -2.05. The van der Waals surface area contributed by atoms with Crippen molar-refractivity contribution < 1.29 is 14.0 Å². The van der Waals surface area contributed by atoms with E-state index in [4.69, 9.17) is 0 Å². The molecule has 8 heteroatoms. The van der Waals surface area contributed by atoms with Gasteiger partial charge in [-0.05, 0) is 36.4 Å². The Morgan fingerprint density at radius 2 is 1.81 bits per heavy atom. The van der Waals surface area contributed by atoms with Crippen molar-refractivity contribution in [1.29, 1.82) is 0 Å². The Labute approximate surface area is 157 Å². The largest absolute Gasteiger partial charge is 0.325 e. The highest BCUT2D eigenvalue weighted by Gasteiger charge is 2.11. The van der Waals surface area contributed by atoms with E-state index in [1.807, 2.05) is 11.4 Å². The number of urea groups is 1. The molecule has 0 atom stereocenters. The number of thioether (sulfide) groups is 1. The van der Waals surface area contributed by atoms with E-state index >= 15 is 0 Å². The summed E-state index contributed by atoms with van der Waals surface area (Å²) in [6.07, 6.45) is 0. The number of hydrogen-bond donors (Lipinski definition) is 2. The molecule has 2 aromatic carbocycles. The van der Waals surface area contributed by atoms with E-state index in [1.165, 1.54) is 35.2 Å². The standard InChI is InChI=1S/C18H14FN3O2S2/c19-13-8-6-12(7-9-13)15-10-25-18(21-15)26-11-16(23)22-17(24)20-14-4-2-1-3-5-14/h1-10H,11H2,(H2,20,22,23,24). The minimum atomic E-state index is -0.576.